The summed E-state index contributed by atoms with van der Waals surface area (Å²) in [6, 6.07) is 17.5. The SMILES string of the molecule is O=C1NN=Cc2c(-c3cccnc3)[nH]c3cc(NC(=O)C4CC4c4ccccc4)cc1c23. The minimum atomic E-state index is -0.314. The summed E-state index contributed by atoms with van der Waals surface area (Å²) in [5.74, 6) is -0.164. The first kappa shape index (κ1) is 18.5. The number of hydrogen-bond donors (Lipinski definition) is 3. The van der Waals surface area contributed by atoms with Crippen LogP contribution in [0.5, 0.6) is 0 Å². The van der Waals surface area contributed by atoms with Crippen molar-refractivity contribution in [2.45, 2.75) is 12.3 Å². The fourth-order valence-electron chi connectivity index (χ4n) is 4.48. The number of carbonyl (C=O) groups excluding carboxylic acids is 2. The number of aromatic amines is 1. The number of carbonyl (C=O) groups is 2. The van der Waals surface area contributed by atoms with E-state index in [1.54, 1.807) is 24.7 Å². The minimum absolute atomic E-state index is 0.0325. The molecule has 1 fully saturated rings. The second kappa shape index (κ2) is 7.16. The predicted molar refractivity (Wildman–Crippen MR) is 123 cm³/mol. The molecule has 1 saturated carbocycles. The Balaban J connectivity index is 1.36. The van der Waals surface area contributed by atoms with Gasteiger partial charge in [0.1, 0.15) is 0 Å². The van der Waals surface area contributed by atoms with Gasteiger partial charge in [0.05, 0.1) is 17.5 Å². The number of aromatic nitrogens is 2. The van der Waals surface area contributed by atoms with E-state index < -0.39 is 0 Å². The number of H-pyrrole nitrogens is 1. The van der Waals surface area contributed by atoms with Crippen LogP contribution in [0.25, 0.3) is 22.2 Å². The molecule has 7 heteroatoms. The molecule has 2 amide bonds. The molecule has 1 aliphatic carbocycles. The van der Waals surface area contributed by atoms with Crippen molar-refractivity contribution in [1.82, 2.24) is 15.4 Å². The van der Waals surface area contributed by atoms with Gasteiger partial charge < -0.3 is 10.3 Å². The fourth-order valence-corrected chi connectivity index (χ4v) is 4.48. The van der Waals surface area contributed by atoms with Crippen LogP contribution in [0.15, 0.2) is 72.1 Å². The van der Waals surface area contributed by atoms with Gasteiger partial charge >= 0.3 is 0 Å². The second-order valence-electron chi connectivity index (χ2n) is 8.15. The first-order valence-electron chi connectivity index (χ1n) is 10.5. The van der Waals surface area contributed by atoms with Gasteiger partial charge in [0, 0.05) is 46.0 Å². The number of hydrazone groups is 1. The summed E-state index contributed by atoms with van der Waals surface area (Å²) >= 11 is 0. The van der Waals surface area contributed by atoms with Crippen molar-refractivity contribution < 1.29 is 9.59 Å². The molecule has 4 aromatic rings. The molecule has 2 aromatic heterocycles. The Morgan fingerprint density at radius 1 is 1.09 bits per heavy atom. The van der Waals surface area contributed by atoms with Crippen LogP contribution in [0.4, 0.5) is 5.69 Å². The molecular weight excluding hydrogens is 402 g/mol. The molecule has 2 aromatic carbocycles. The lowest BCUT2D eigenvalue weighted by Gasteiger charge is -2.08. The Bertz CT molecular complexity index is 1390. The first-order chi connectivity index (χ1) is 15.7. The van der Waals surface area contributed by atoms with E-state index in [-0.39, 0.29) is 23.7 Å². The summed E-state index contributed by atoms with van der Waals surface area (Å²) in [6.07, 6.45) is 5.94. The Hall–Kier alpha value is -4.26. The van der Waals surface area contributed by atoms with Crippen LogP contribution in [0, 0.1) is 5.92 Å². The lowest BCUT2D eigenvalue weighted by molar-refractivity contribution is -0.117. The summed E-state index contributed by atoms with van der Waals surface area (Å²) < 4.78 is 0. The smallest absolute Gasteiger partial charge is 0.272 e. The van der Waals surface area contributed by atoms with Gasteiger partial charge in [0.25, 0.3) is 5.91 Å². The van der Waals surface area contributed by atoms with E-state index in [4.69, 9.17) is 0 Å². The molecule has 6 rings (SSSR count). The molecular formula is C25H19N5O2. The Morgan fingerprint density at radius 2 is 1.97 bits per heavy atom. The zero-order chi connectivity index (χ0) is 21.7. The highest BCUT2D eigenvalue weighted by Gasteiger charge is 2.43. The highest BCUT2D eigenvalue weighted by atomic mass is 16.2. The summed E-state index contributed by atoms with van der Waals surface area (Å²) in [5, 5.41) is 7.85. The Labute approximate surface area is 183 Å². The van der Waals surface area contributed by atoms with E-state index in [1.165, 1.54) is 5.56 Å². The third-order valence-electron chi connectivity index (χ3n) is 6.11. The molecule has 1 aliphatic heterocycles. The third kappa shape index (κ3) is 3.06. The molecule has 2 unspecified atom stereocenters. The van der Waals surface area contributed by atoms with Crippen LogP contribution in [0.2, 0.25) is 0 Å². The highest BCUT2D eigenvalue weighted by molar-refractivity contribution is 6.18. The highest BCUT2D eigenvalue weighted by Crippen LogP contribution is 2.48. The number of amides is 2. The summed E-state index contributed by atoms with van der Waals surface area (Å²) in [5.41, 5.74) is 8.06. The second-order valence-corrected chi connectivity index (χ2v) is 8.15. The maximum Gasteiger partial charge on any atom is 0.272 e. The first-order valence-corrected chi connectivity index (χ1v) is 10.5. The molecule has 3 N–H and O–H groups in total. The van der Waals surface area contributed by atoms with Crippen molar-refractivity contribution in [3.8, 4) is 11.3 Å². The van der Waals surface area contributed by atoms with Gasteiger partial charge in [0.15, 0.2) is 0 Å². The molecule has 0 radical (unpaired) electrons. The number of rotatable bonds is 4. The van der Waals surface area contributed by atoms with Crippen molar-refractivity contribution in [3.63, 3.8) is 0 Å². The zero-order valence-corrected chi connectivity index (χ0v) is 17.0. The van der Waals surface area contributed by atoms with Crippen molar-refractivity contribution >= 4 is 34.6 Å². The van der Waals surface area contributed by atoms with E-state index in [9.17, 15) is 9.59 Å². The summed E-state index contributed by atoms with van der Waals surface area (Å²) in [4.78, 5) is 33.2. The van der Waals surface area contributed by atoms with Gasteiger partial charge in [-0.1, -0.05) is 30.3 Å². The van der Waals surface area contributed by atoms with Crippen LogP contribution in [-0.4, -0.2) is 28.0 Å². The third-order valence-corrected chi connectivity index (χ3v) is 6.11. The van der Waals surface area contributed by atoms with Crippen molar-refractivity contribution in [2.75, 3.05) is 5.32 Å². The van der Waals surface area contributed by atoms with E-state index in [0.29, 0.717) is 11.3 Å². The predicted octanol–water partition coefficient (Wildman–Crippen LogP) is 4.05. The average molecular weight is 421 g/mol. The number of pyridine rings is 1. The number of hydrogen-bond acceptors (Lipinski definition) is 4. The summed E-state index contributed by atoms with van der Waals surface area (Å²) in [6.45, 7) is 0. The molecule has 2 aliphatic rings. The lowest BCUT2D eigenvalue weighted by atomic mass is 10.0. The molecule has 0 bridgehead atoms. The standard InChI is InChI=1S/C25H19N5O2/c31-24(18-11-17(18)14-5-2-1-3-6-14)28-16-9-19-22-20(13-27-30-25(19)32)23(29-21(22)10-16)15-7-4-8-26-12-15/h1-10,12-13,17-18,29H,11H2,(H,28,31)(H,30,32). The Morgan fingerprint density at radius 3 is 2.78 bits per heavy atom. The molecule has 3 heterocycles. The molecule has 2 atom stereocenters. The molecule has 7 nitrogen and oxygen atoms in total. The van der Waals surface area contributed by atoms with Gasteiger partial charge in [-0.3, -0.25) is 14.6 Å². The number of nitrogens with zero attached hydrogens (tertiary/aromatic N) is 2. The normalized spacial score (nSPS) is 18.8. The van der Waals surface area contributed by atoms with Crippen molar-refractivity contribution in [3.05, 3.63) is 83.7 Å². The largest absolute Gasteiger partial charge is 0.354 e. The summed E-state index contributed by atoms with van der Waals surface area (Å²) in [7, 11) is 0. The lowest BCUT2D eigenvalue weighted by Crippen LogP contribution is -2.18. The van der Waals surface area contributed by atoms with Crippen LogP contribution in [0.1, 0.15) is 33.8 Å². The minimum Gasteiger partial charge on any atom is -0.354 e. The average Bonchev–Trinajstić information content (AvgIpc) is 3.57. The van der Waals surface area contributed by atoms with Gasteiger partial charge in [-0.15, -0.1) is 0 Å². The van der Waals surface area contributed by atoms with Gasteiger partial charge in [-0.25, -0.2) is 5.43 Å². The molecule has 156 valence electrons. The van der Waals surface area contributed by atoms with Gasteiger partial charge in [-0.05, 0) is 42.2 Å². The Kier molecular flexibility index (Phi) is 4.14. The van der Waals surface area contributed by atoms with Gasteiger partial charge in [-0.2, -0.15) is 5.10 Å². The molecule has 0 spiro atoms. The maximum absolute atomic E-state index is 12.9. The fraction of sp³-hybridized carbons (Fsp3) is 0.120. The van der Waals surface area contributed by atoms with E-state index >= 15 is 0 Å². The van der Waals surface area contributed by atoms with Crippen LogP contribution < -0.4 is 10.7 Å². The quantitative estimate of drug-likeness (QED) is 0.464. The van der Waals surface area contributed by atoms with Crippen molar-refractivity contribution in [1.29, 1.82) is 0 Å². The number of anilines is 1. The monoisotopic (exact) mass is 421 g/mol. The van der Waals surface area contributed by atoms with Crippen LogP contribution >= 0.6 is 0 Å². The number of benzene rings is 2. The van der Waals surface area contributed by atoms with Gasteiger partial charge in [0.2, 0.25) is 5.91 Å². The van der Waals surface area contributed by atoms with E-state index in [2.05, 4.69) is 37.9 Å². The van der Waals surface area contributed by atoms with Crippen LogP contribution in [-0.2, 0) is 4.79 Å². The molecule has 32 heavy (non-hydrogen) atoms. The topological polar surface area (TPSA) is 99.2 Å². The van der Waals surface area contributed by atoms with E-state index in [1.807, 2.05) is 36.4 Å². The molecule has 0 saturated heterocycles. The van der Waals surface area contributed by atoms with Crippen LogP contribution in [0.3, 0.4) is 0 Å². The maximum atomic E-state index is 12.9. The number of nitrogens with one attached hydrogen (secondary N) is 3. The zero-order valence-electron chi connectivity index (χ0n) is 17.0. The van der Waals surface area contributed by atoms with E-state index in [0.717, 1.165) is 34.1 Å². The van der Waals surface area contributed by atoms with Crippen molar-refractivity contribution in [2.24, 2.45) is 11.0 Å².